The number of carbonyl (C=O) groups excluding carboxylic acids is 1. The summed E-state index contributed by atoms with van der Waals surface area (Å²) in [7, 11) is 0. The van der Waals surface area contributed by atoms with Crippen molar-refractivity contribution in [3.63, 3.8) is 0 Å². The van der Waals surface area contributed by atoms with Crippen LogP contribution in [0.4, 0.5) is 0 Å². The summed E-state index contributed by atoms with van der Waals surface area (Å²) in [6.07, 6.45) is -0.484. The van der Waals surface area contributed by atoms with Crippen LogP contribution in [0.2, 0.25) is 10.3 Å². The summed E-state index contributed by atoms with van der Waals surface area (Å²) in [5.41, 5.74) is 7.53. The minimum absolute atomic E-state index is 0.0138. The molecular weight excluding hydrogens is 351 g/mol. The van der Waals surface area contributed by atoms with Gasteiger partial charge in [0.1, 0.15) is 23.0 Å². The first-order valence-electron chi connectivity index (χ1n) is 7.35. The molecule has 0 fully saturated rings. The molecule has 2 N–H and O–H groups in total. The Morgan fingerprint density at radius 1 is 1.12 bits per heavy atom. The molecule has 0 radical (unpaired) electrons. The van der Waals surface area contributed by atoms with Crippen molar-refractivity contribution in [2.24, 2.45) is 5.73 Å². The van der Waals surface area contributed by atoms with Crippen LogP contribution in [0.5, 0.6) is 0 Å². The molecule has 0 aliphatic carbocycles. The Bertz CT molecular complexity index is 663. The maximum Gasteiger partial charge on any atom is 0.325 e. The predicted molar refractivity (Wildman–Crippen MR) is 92.7 cm³/mol. The molecule has 2 aromatic rings. The molecule has 0 amide bonds. The summed E-state index contributed by atoms with van der Waals surface area (Å²) in [4.78, 5) is 15.9. The van der Waals surface area contributed by atoms with Crippen molar-refractivity contribution in [3.05, 3.63) is 63.9 Å². The van der Waals surface area contributed by atoms with Crippen LogP contribution in [-0.2, 0) is 27.5 Å². The number of carbonyl (C=O) groups is 1. The fourth-order valence-corrected chi connectivity index (χ4v) is 2.45. The Hall–Kier alpha value is -1.66. The first-order valence-corrected chi connectivity index (χ1v) is 8.11. The quantitative estimate of drug-likeness (QED) is 0.598. The molecule has 1 aromatic carbocycles. The monoisotopic (exact) mass is 368 g/mol. The van der Waals surface area contributed by atoms with Crippen molar-refractivity contribution < 1.29 is 14.3 Å². The zero-order valence-corrected chi connectivity index (χ0v) is 14.6. The third kappa shape index (κ3) is 5.76. The molecule has 1 heterocycles. The molecule has 0 unspecified atom stereocenters. The number of aromatic nitrogens is 1. The summed E-state index contributed by atoms with van der Waals surface area (Å²) >= 11 is 11.6. The van der Waals surface area contributed by atoms with Gasteiger partial charge >= 0.3 is 5.97 Å². The lowest BCUT2D eigenvalue weighted by atomic mass is 10.2. The van der Waals surface area contributed by atoms with Crippen LogP contribution in [-0.4, -0.2) is 23.1 Å². The van der Waals surface area contributed by atoms with Gasteiger partial charge in [0.25, 0.3) is 0 Å². The van der Waals surface area contributed by atoms with E-state index in [1.807, 2.05) is 30.3 Å². The van der Waals surface area contributed by atoms with Crippen molar-refractivity contribution in [1.29, 1.82) is 0 Å². The van der Waals surface area contributed by atoms with Crippen LogP contribution in [0.25, 0.3) is 0 Å². The van der Waals surface area contributed by atoms with Gasteiger partial charge in [-0.2, -0.15) is 0 Å². The van der Waals surface area contributed by atoms with Crippen molar-refractivity contribution >= 4 is 29.2 Å². The summed E-state index contributed by atoms with van der Waals surface area (Å²) in [5.74, 6) is -0.556. The molecular formula is C17H18Cl2N2O3. The highest BCUT2D eigenvalue weighted by Gasteiger charge is 2.23. The molecule has 128 valence electrons. The Morgan fingerprint density at radius 3 is 2.38 bits per heavy atom. The van der Waals surface area contributed by atoms with Gasteiger partial charge in [-0.25, -0.2) is 4.98 Å². The number of nitrogens with two attached hydrogens (primary N) is 1. The zero-order chi connectivity index (χ0) is 17.5. The minimum Gasteiger partial charge on any atom is -0.460 e. The van der Waals surface area contributed by atoms with Gasteiger partial charge in [0.2, 0.25) is 0 Å². The van der Waals surface area contributed by atoms with Crippen molar-refractivity contribution in [2.45, 2.75) is 32.3 Å². The molecule has 7 heteroatoms. The lowest BCUT2D eigenvalue weighted by Crippen LogP contribution is -2.42. The third-order valence-electron chi connectivity index (χ3n) is 3.34. The van der Waals surface area contributed by atoms with E-state index in [9.17, 15) is 4.79 Å². The molecule has 2 rings (SSSR count). The second-order valence-corrected chi connectivity index (χ2v) is 6.03. The van der Waals surface area contributed by atoms with Crippen LogP contribution in [0.15, 0.2) is 42.5 Å². The number of halogens is 2. The van der Waals surface area contributed by atoms with Crippen molar-refractivity contribution in [1.82, 2.24) is 4.98 Å². The number of nitrogens with zero attached hydrogens (tertiary/aromatic N) is 1. The SMILES string of the molecule is C[C@@H](OCc1ccccc1)[C@H](N)C(=O)OCc1cc(Cl)nc(Cl)c1. The zero-order valence-electron chi connectivity index (χ0n) is 13.1. The minimum atomic E-state index is -0.888. The van der Waals surface area contributed by atoms with Crippen LogP contribution in [0.1, 0.15) is 18.1 Å². The van der Waals surface area contributed by atoms with E-state index in [-0.39, 0.29) is 16.9 Å². The molecule has 1 aromatic heterocycles. The molecule has 2 atom stereocenters. The van der Waals surface area contributed by atoms with Gasteiger partial charge < -0.3 is 15.2 Å². The van der Waals surface area contributed by atoms with Gasteiger partial charge in [0, 0.05) is 0 Å². The average Bonchev–Trinajstić information content (AvgIpc) is 2.57. The van der Waals surface area contributed by atoms with E-state index >= 15 is 0 Å². The topological polar surface area (TPSA) is 74.4 Å². The Labute approximate surface area is 150 Å². The average molecular weight is 369 g/mol. The van der Waals surface area contributed by atoms with E-state index in [4.69, 9.17) is 38.4 Å². The second kappa shape index (κ2) is 8.99. The van der Waals surface area contributed by atoms with E-state index in [0.717, 1.165) is 5.56 Å². The molecule has 0 bridgehead atoms. The number of hydrogen-bond acceptors (Lipinski definition) is 5. The number of rotatable bonds is 7. The molecule has 0 aliphatic rings. The first-order chi connectivity index (χ1) is 11.5. The highest BCUT2D eigenvalue weighted by molar-refractivity contribution is 6.32. The van der Waals surface area contributed by atoms with Crippen molar-refractivity contribution in [3.8, 4) is 0 Å². The van der Waals surface area contributed by atoms with Gasteiger partial charge in [-0.05, 0) is 30.2 Å². The number of hydrogen-bond donors (Lipinski definition) is 1. The Morgan fingerprint density at radius 2 is 1.75 bits per heavy atom. The molecule has 0 aliphatic heterocycles. The molecule has 5 nitrogen and oxygen atoms in total. The second-order valence-electron chi connectivity index (χ2n) is 5.26. The number of esters is 1. The number of pyridine rings is 1. The van der Waals surface area contributed by atoms with Crippen LogP contribution in [0, 0.1) is 0 Å². The Balaban J connectivity index is 1.82. The fraction of sp³-hybridized carbons (Fsp3) is 0.294. The first kappa shape index (κ1) is 18.7. The van der Waals surface area contributed by atoms with Crippen molar-refractivity contribution in [2.75, 3.05) is 0 Å². The molecule has 0 spiro atoms. The van der Waals surface area contributed by atoms with E-state index in [1.54, 1.807) is 19.1 Å². The van der Waals surface area contributed by atoms with Gasteiger partial charge in [-0.1, -0.05) is 53.5 Å². The van der Waals surface area contributed by atoms with Crippen LogP contribution < -0.4 is 5.73 Å². The van der Waals surface area contributed by atoms with Crippen LogP contribution >= 0.6 is 23.2 Å². The fourth-order valence-electron chi connectivity index (χ4n) is 1.95. The number of benzene rings is 1. The van der Waals surface area contributed by atoms with E-state index < -0.39 is 18.1 Å². The number of ether oxygens (including phenoxy) is 2. The standard InChI is InChI=1S/C17H18Cl2N2O3/c1-11(23-9-12-5-3-2-4-6-12)16(20)17(22)24-10-13-7-14(18)21-15(19)8-13/h2-8,11,16H,9-10,20H2,1H3/t11-,16+/m1/s1. The Kier molecular flexibility index (Phi) is 6.99. The highest BCUT2D eigenvalue weighted by atomic mass is 35.5. The highest BCUT2D eigenvalue weighted by Crippen LogP contribution is 2.15. The molecule has 0 saturated heterocycles. The summed E-state index contributed by atoms with van der Waals surface area (Å²) in [5, 5.41) is 0.467. The van der Waals surface area contributed by atoms with E-state index in [1.165, 1.54) is 0 Å². The molecule has 24 heavy (non-hydrogen) atoms. The summed E-state index contributed by atoms with van der Waals surface area (Å²) in [6, 6.07) is 11.9. The summed E-state index contributed by atoms with van der Waals surface area (Å²) in [6.45, 7) is 2.12. The third-order valence-corrected chi connectivity index (χ3v) is 3.72. The van der Waals surface area contributed by atoms with Gasteiger partial charge in [-0.15, -0.1) is 0 Å². The smallest absolute Gasteiger partial charge is 0.325 e. The van der Waals surface area contributed by atoms with Gasteiger partial charge in [0.05, 0.1) is 12.7 Å². The van der Waals surface area contributed by atoms with Crippen LogP contribution in [0.3, 0.4) is 0 Å². The van der Waals surface area contributed by atoms with E-state index in [0.29, 0.717) is 12.2 Å². The van der Waals surface area contributed by atoms with Gasteiger partial charge in [0.15, 0.2) is 0 Å². The predicted octanol–water partition coefficient (Wildman–Crippen LogP) is 3.36. The lowest BCUT2D eigenvalue weighted by molar-refractivity contribution is -0.150. The van der Waals surface area contributed by atoms with E-state index in [2.05, 4.69) is 4.98 Å². The maximum atomic E-state index is 12.0. The maximum absolute atomic E-state index is 12.0. The largest absolute Gasteiger partial charge is 0.460 e. The molecule has 0 saturated carbocycles. The normalized spacial score (nSPS) is 13.3. The summed E-state index contributed by atoms with van der Waals surface area (Å²) < 4.78 is 10.8. The van der Waals surface area contributed by atoms with Gasteiger partial charge in [-0.3, -0.25) is 4.79 Å². The lowest BCUT2D eigenvalue weighted by Gasteiger charge is -2.19.